The number of hydrogen-bond acceptors (Lipinski definition) is 10. The molecule has 0 unspecified atom stereocenters. The molecule has 4 aromatic rings. The first-order valence-electron chi connectivity index (χ1n) is 11.1. The standard InChI is InChI=1S/C24H21N5O8S3/c25-21-13-11-18(15-24(21)40(36,37)27-17-7-3-1-4-8-17)26-22-14-12-20(16-23(22)29(30)31)39(34,35)28-38(32,33)19-9-5-2-6-10-19/h1-16,26-28H,25H2. The third-order valence-electron chi connectivity index (χ3n) is 5.36. The van der Waals surface area contributed by atoms with Crippen molar-refractivity contribution in [2.45, 2.75) is 14.7 Å². The van der Waals surface area contributed by atoms with Gasteiger partial charge in [-0.2, -0.15) is 0 Å². The highest BCUT2D eigenvalue weighted by Crippen LogP contribution is 2.33. The van der Waals surface area contributed by atoms with Crippen molar-refractivity contribution in [1.29, 1.82) is 0 Å². The minimum Gasteiger partial charge on any atom is -0.398 e. The number of nitrogens with one attached hydrogen (secondary N) is 3. The molecule has 0 saturated heterocycles. The van der Waals surface area contributed by atoms with Crippen molar-refractivity contribution in [2.75, 3.05) is 15.8 Å². The molecular weight excluding hydrogens is 582 g/mol. The predicted molar refractivity (Wildman–Crippen MR) is 148 cm³/mol. The van der Waals surface area contributed by atoms with E-state index >= 15 is 0 Å². The number of nitro groups is 1. The van der Waals surface area contributed by atoms with Gasteiger partial charge in [-0.05, 0) is 54.6 Å². The maximum atomic E-state index is 12.9. The third-order valence-corrected chi connectivity index (χ3v) is 10.3. The number of nitrogens with zero attached hydrogens (tertiary/aromatic N) is 1. The van der Waals surface area contributed by atoms with Crippen molar-refractivity contribution < 1.29 is 30.2 Å². The van der Waals surface area contributed by atoms with Gasteiger partial charge in [0.05, 0.1) is 20.4 Å². The van der Waals surface area contributed by atoms with E-state index in [1.54, 1.807) is 28.4 Å². The monoisotopic (exact) mass is 603 g/mol. The van der Waals surface area contributed by atoms with Gasteiger partial charge in [0.25, 0.3) is 35.8 Å². The third kappa shape index (κ3) is 6.37. The summed E-state index contributed by atoms with van der Waals surface area (Å²) in [6, 6.07) is 21.3. The molecule has 0 atom stereocenters. The average Bonchev–Trinajstić information content (AvgIpc) is 2.90. The van der Waals surface area contributed by atoms with E-state index in [0.29, 0.717) is 6.07 Å². The lowest BCUT2D eigenvalue weighted by Crippen LogP contribution is -2.30. The number of anilines is 4. The van der Waals surface area contributed by atoms with Crippen LogP contribution in [0.25, 0.3) is 0 Å². The molecule has 5 N–H and O–H groups in total. The van der Waals surface area contributed by atoms with Crippen LogP contribution in [0.15, 0.2) is 112 Å². The molecule has 0 radical (unpaired) electrons. The second-order valence-corrected chi connectivity index (χ2v) is 13.5. The Morgan fingerprint density at radius 3 is 1.88 bits per heavy atom. The lowest BCUT2D eigenvalue weighted by molar-refractivity contribution is -0.384. The number of nitro benzene ring substituents is 1. The van der Waals surface area contributed by atoms with Gasteiger partial charge in [-0.3, -0.25) is 14.8 Å². The molecule has 0 heterocycles. The largest absolute Gasteiger partial charge is 0.398 e. The first-order valence-corrected chi connectivity index (χ1v) is 15.6. The smallest absolute Gasteiger partial charge is 0.294 e. The van der Waals surface area contributed by atoms with Crippen LogP contribution in [0.2, 0.25) is 0 Å². The molecule has 0 fully saturated rings. The Morgan fingerprint density at radius 1 is 0.650 bits per heavy atom. The zero-order valence-electron chi connectivity index (χ0n) is 20.3. The molecule has 0 aromatic heterocycles. The Balaban J connectivity index is 1.64. The molecule has 4 rings (SSSR count). The molecule has 0 amide bonds. The summed E-state index contributed by atoms with van der Waals surface area (Å²) in [6.45, 7) is 0. The van der Waals surface area contributed by atoms with Crippen LogP contribution in [-0.2, 0) is 30.1 Å². The predicted octanol–water partition coefficient (Wildman–Crippen LogP) is 3.39. The van der Waals surface area contributed by atoms with E-state index in [-0.39, 0.29) is 32.5 Å². The number of nitrogens with two attached hydrogens (primary N) is 1. The fraction of sp³-hybridized carbons (Fsp3) is 0. The number of nitrogen functional groups attached to an aromatic ring is 1. The molecule has 0 spiro atoms. The van der Waals surface area contributed by atoms with Crippen molar-refractivity contribution in [3.05, 3.63) is 107 Å². The van der Waals surface area contributed by atoms with Crippen molar-refractivity contribution in [3.63, 3.8) is 0 Å². The normalized spacial score (nSPS) is 12.0. The first-order chi connectivity index (χ1) is 18.8. The molecule has 4 aromatic carbocycles. The number of sulfonamides is 3. The van der Waals surface area contributed by atoms with E-state index in [1.165, 1.54) is 48.5 Å². The number of rotatable bonds is 10. The van der Waals surface area contributed by atoms with E-state index in [1.807, 2.05) is 0 Å². The van der Waals surface area contributed by atoms with E-state index < -0.39 is 45.6 Å². The molecule has 0 saturated carbocycles. The number of hydrogen-bond donors (Lipinski definition) is 4. The zero-order chi connectivity index (χ0) is 29.1. The molecule has 0 bridgehead atoms. The van der Waals surface area contributed by atoms with E-state index in [0.717, 1.165) is 18.2 Å². The second-order valence-electron chi connectivity index (χ2n) is 8.19. The fourth-order valence-electron chi connectivity index (χ4n) is 3.49. The van der Waals surface area contributed by atoms with E-state index in [2.05, 4.69) is 10.0 Å². The maximum absolute atomic E-state index is 12.9. The summed E-state index contributed by atoms with van der Waals surface area (Å²) in [5.74, 6) is 0. The van der Waals surface area contributed by atoms with Gasteiger partial charge in [-0.15, -0.1) is 4.13 Å². The van der Waals surface area contributed by atoms with Crippen LogP contribution < -0.4 is 19.9 Å². The van der Waals surface area contributed by atoms with Gasteiger partial charge in [-0.1, -0.05) is 36.4 Å². The number of para-hydroxylation sites is 1. The summed E-state index contributed by atoms with van der Waals surface area (Å²) in [5.41, 5.74) is 5.26. The van der Waals surface area contributed by atoms with Gasteiger partial charge in [0.15, 0.2) is 0 Å². The van der Waals surface area contributed by atoms with Crippen LogP contribution in [-0.4, -0.2) is 30.2 Å². The summed E-state index contributed by atoms with van der Waals surface area (Å²) in [7, 11) is -13.4. The summed E-state index contributed by atoms with van der Waals surface area (Å²) in [6.07, 6.45) is 0. The minimum atomic E-state index is -4.75. The molecule has 208 valence electrons. The van der Waals surface area contributed by atoms with Crippen LogP contribution in [0, 0.1) is 10.1 Å². The Morgan fingerprint density at radius 2 is 1.25 bits per heavy atom. The molecule has 13 nitrogen and oxygen atoms in total. The lowest BCUT2D eigenvalue weighted by atomic mass is 10.2. The van der Waals surface area contributed by atoms with E-state index in [4.69, 9.17) is 5.73 Å². The van der Waals surface area contributed by atoms with Crippen molar-refractivity contribution in [2.24, 2.45) is 0 Å². The highest BCUT2D eigenvalue weighted by Gasteiger charge is 2.27. The molecule has 16 heteroatoms. The number of benzene rings is 4. The SMILES string of the molecule is Nc1ccc(Nc2ccc(S(=O)(=O)NS(=O)(=O)c3ccccc3)cc2[N+](=O)[O-])cc1S(=O)(=O)Nc1ccccc1. The van der Waals surface area contributed by atoms with Gasteiger partial charge >= 0.3 is 0 Å². The van der Waals surface area contributed by atoms with Crippen LogP contribution in [0.3, 0.4) is 0 Å². The van der Waals surface area contributed by atoms with E-state index in [9.17, 15) is 35.4 Å². The highest BCUT2D eigenvalue weighted by atomic mass is 32.3. The Bertz CT molecular complexity index is 1900. The van der Waals surface area contributed by atoms with Crippen molar-refractivity contribution in [3.8, 4) is 0 Å². The maximum Gasteiger partial charge on any atom is 0.294 e. The average molecular weight is 604 g/mol. The zero-order valence-corrected chi connectivity index (χ0v) is 22.7. The summed E-state index contributed by atoms with van der Waals surface area (Å²) in [5, 5.41) is 14.5. The first kappa shape index (κ1) is 28.5. The topological polar surface area (TPSA) is 208 Å². The van der Waals surface area contributed by atoms with Gasteiger partial charge in [0.1, 0.15) is 10.6 Å². The lowest BCUT2D eigenvalue weighted by Gasteiger charge is -2.14. The van der Waals surface area contributed by atoms with Gasteiger partial charge in [0.2, 0.25) is 0 Å². The summed E-state index contributed by atoms with van der Waals surface area (Å²) >= 11 is 0. The molecule has 0 aliphatic rings. The quantitative estimate of drug-likeness (QED) is 0.118. The Hall–Kier alpha value is -4.51. The summed E-state index contributed by atoms with van der Waals surface area (Å²) in [4.78, 5) is 9.60. The fourth-order valence-corrected chi connectivity index (χ4v) is 7.66. The summed E-state index contributed by atoms with van der Waals surface area (Å²) < 4.78 is 80.4. The minimum absolute atomic E-state index is 0.0874. The van der Waals surface area contributed by atoms with Crippen LogP contribution in [0.4, 0.5) is 28.4 Å². The van der Waals surface area contributed by atoms with Crippen LogP contribution in [0.5, 0.6) is 0 Å². The van der Waals surface area contributed by atoms with Gasteiger partial charge in [-0.25, -0.2) is 25.3 Å². The highest BCUT2D eigenvalue weighted by molar-refractivity contribution is 8.04. The Labute approximate surface area is 230 Å². The van der Waals surface area contributed by atoms with Crippen LogP contribution in [0.1, 0.15) is 0 Å². The molecule has 0 aliphatic heterocycles. The van der Waals surface area contributed by atoms with Gasteiger partial charge in [0, 0.05) is 17.4 Å². The molecule has 0 aliphatic carbocycles. The Kier molecular flexibility index (Phi) is 7.79. The molecule has 40 heavy (non-hydrogen) atoms. The van der Waals surface area contributed by atoms with Crippen molar-refractivity contribution in [1.82, 2.24) is 4.13 Å². The molecular formula is C24H21N5O8S3. The van der Waals surface area contributed by atoms with Crippen LogP contribution >= 0.6 is 0 Å². The van der Waals surface area contributed by atoms with Crippen molar-refractivity contribution >= 4 is 58.5 Å². The van der Waals surface area contributed by atoms with Gasteiger partial charge < -0.3 is 11.1 Å². The second kappa shape index (κ2) is 10.9.